The van der Waals surface area contributed by atoms with Crippen molar-refractivity contribution >= 4 is 5.69 Å². The van der Waals surface area contributed by atoms with Gasteiger partial charge in [0.15, 0.2) is 0 Å². The number of nitrogens with two attached hydrogens (primary N) is 1. The molecular formula is C16H25NO2. The first kappa shape index (κ1) is 14.2. The molecule has 0 saturated heterocycles. The molecule has 0 bridgehead atoms. The highest BCUT2D eigenvalue weighted by Crippen LogP contribution is 2.40. The van der Waals surface area contributed by atoms with Crippen molar-refractivity contribution in [2.24, 2.45) is 11.8 Å². The third-order valence-electron chi connectivity index (χ3n) is 4.55. The molecule has 0 aromatic heterocycles. The summed E-state index contributed by atoms with van der Waals surface area (Å²) in [5.41, 5.74) is 7.47. The second-order valence-electron chi connectivity index (χ2n) is 5.60. The molecule has 2 rings (SSSR count). The van der Waals surface area contributed by atoms with E-state index in [-0.39, 0.29) is 0 Å². The van der Waals surface area contributed by atoms with Gasteiger partial charge >= 0.3 is 0 Å². The number of methoxy groups -OCH3 is 1. The number of hydrogen-bond donors (Lipinski definition) is 2. The van der Waals surface area contributed by atoms with Crippen molar-refractivity contribution in [2.75, 3.05) is 12.8 Å². The van der Waals surface area contributed by atoms with E-state index in [2.05, 4.69) is 6.92 Å². The largest absolute Gasteiger partial charge is 0.495 e. The van der Waals surface area contributed by atoms with Gasteiger partial charge in [0.2, 0.25) is 0 Å². The van der Waals surface area contributed by atoms with Gasteiger partial charge in [-0.15, -0.1) is 0 Å². The van der Waals surface area contributed by atoms with Gasteiger partial charge in [-0.3, -0.25) is 0 Å². The fraction of sp³-hybridized carbons (Fsp3) is 0.625. The number of ether oxygens (including phenoxy) is 1. The number of aliphatic hydroxyl groups is 1. The Kier molecular flexibility index (Phi) is 4.70. The third kappa shape index (κ3) is 3.03. The lowest BCUT2D eigenvalue weighted by Gasteiger charge is -2.31. The Morgan fingerprint density at radius 2 is 2.00 bits per heavy atom. The topological polar surface area (TPSA) is 55.5 Å². The molecule has 19 heavy (non-hydrogen) atoms. The van der Waals surface area contributed by atoms with Crippen molar-refractivity contribution in [2.45, 2.75) is 45.1 Å². The van der Waals surface area contributed by atoms with Crippen molar-refractivity contribution in [3.63, 3.8) is 0 Å². The maximum atomic E-state index is 10.6. The number of hydrogen-bond acceptors (Lipinski definition) is 3. The molecule has 1 aromatic rings. The van der Waals surface area contributed by atoms with Gasteiger partial charge in [-0.2, -0.15) is 0 Å². The predicted octanol–water partition coefficient (Wildman–Crippen LogP) is 3.53. The fourth-order valence-corrected chi connectivity index (χ4v) is 3.16. The molecule has 3 heteroatoms. The fourth-order valence-electron chi connectivity index (χ4n) is 3.16. The summed E-state index contributed by atoms with van der Waals surface area (Å²) in [5, 5.41) is 10.6. The van der Waals surface area contributed by atoms with Crippen LogP contribution in [-0.4, -0.2) is 12.2 Å². The van der Waals surface area contributed by atoms with Crippen LogP contribution in [-0.2, 0) is 0 Å². The van der Waals surface area contributed by atoms with Gasteiger partial charge in [-0.25, -0.2) is 0 Å². The predicted molar refractivity (Wildman–Crippen MR) is 78.1 cm³/mol. The van der Waals surface area contributed by atoms with E-state index < -0.39 is 6.10 Å². The molecule has 3 nitrogen and oxygen atoms in total. The summed E-state index contributed by atoms with van der Waals surface area (Å²) in [7, 11) is 1.61. The normalized spacial score (nSPS) is 25.0. The van der Waals surface area contributed by atoms with Crippen LogP contribution in [0.3, 0.4) is 0 Å². The minimum Gasteiger partial charge on any atom is -0.495 e. The molecule has 1 unspecified atom stereocenters. The van der Waals surface area contributed by atoms with E-state index in [0.29, 0.717) is 17.4 Å². The summed E-state index contributed by atoms with van der Waals surface area (Å²) in [6, 6.07) is 5.64. The van der Waals surface area contributed by atoms with Crippen LogP contribution in [0.1, 0.15) is 50.7 Å². The van der Waals surface area contributed by atoms with Gasteiger partial charge in [-0.1, -0.05) is 38.3 Å². The van der Waals surface area contributed by atoms with Gasteiger partial charge in [0.25, 0.3) is 0 Å². The molecule has 0 amide bonds. The molecule has 3 N–H and O–H groups in total. The molecule has 1 fully saturated rings. The number of para-hydroxylation sites is 1. The summed E-state index contributed by atoms with van der Waals surface area (Å²) in [5.74, 6) is 1.82. The maximum Gasteiger partial charge on any atom is 0.142 e. The number of aliphatic hydroxyl groups excluding tert-OH is 1. The lowest BCUT2D eigenvalue weighted by Crippen LogP contribution is -2.21. The minimum absolute atomic E-state index is 0.331. The highest BCUT2D eigenvalue weighted by molar-refractivity contribution is 5.59. The molecule has 0 aliphatic heterocycles. The van der Waals surface area contributed by atoms with Gasteiger partial charge in [-0.05, 0) is 30.7 Å². The third-order valence-corrected chi connectivity index (χ3v) is 4.55. The zero-order valence-electron chi connectivity index (χ0n) is 11.9. The molecule has 0 spiro atoms. The van der Waals surface area contributed by atoms with Crippen LogP contribution in [0.25, 0.3) is 0 Å². The van der Waals surface area contributed by atoms with Crippen molar-refractivity contribution in [3.8, 4) is 5.75 Å². The number of benzene rings is 1. The summed E-state index contributed by atoms with van der Waals surface area (Å²) in [6.07, 6.45) is 5.42. The first-order valence-electron chi connectivity index (χ1n) is 7.27. The number of nitrogen functional groups attached to an aromatic ring is 1. The van der Waals surface area contributed by atoms with Crippen LogP contribution in [0, 0.1) is 11.8 Å². The Labute approximate surface area is 115 Å². The Hall–Kier alpha value is -1.22. The quantitative estimate of drug-likeness (QED) is 0.817. The number of rotatable bonds is 4. The van der Waals surface area contributed by atoms with Crippen LogP contribution in [0.5, 0.6) is 5.75 Å². The van der Waals surface area contributed by atoms with E-state index in [9.17, 15) is 5.11 Å². The van der Waals surface area contributed by atoms with Crippen LogP contribution < -0.4 is 10.5 Å². The van der Waals surface area contributed by atoms with Crippen molar-refractivity contribution in [3.05, 3.63) is 23.8 Å². The Bertz CT molecular complexity index is 411. The smallest absolute Gasteiger partial charge is 0.142 e. The first-order valence-corrected chi connectivity index (χ1v) is 7.27. The summed E-state index contributed by atoms with van der Waals surface area (Å²) in [6.45, 7) is 2.25. The molecule has 1 saturated carbocycles. The summed E-state index contributed by atoms with van der Waals surface area (Å²) < 4.78 is 5.22. The van der Waals surface area contributed by atoms with Gasteiger partial charge in [0, 0.05) is 5.56 Å². The molecule has 0 radical (unpaired) electrons. The minimum atomic E-state index is -0.465. The lowest BCUT2D eigenvalue weighted by atomic mass is 9.77. The van der Waals surface area contributed by atoms with E-state index in [0.717, 1.165) is 24.3 Å². The summed E-state index contributed by atoms with van der Waals surface area (Å²) in [4.78, 5) is 0. The monoisotopic (exact) mass is 263 g/mol. The van der Waals surface area contributed by atoms with Gasteiger partial charge in [0.05, 0.1) is 18.9 Å². The van der Waals surface area contributed by atoms with Crippen molar-refractivity contribution in [1.29, 1.82) is 0 Å². The Balaban J connectivity index is 2.10. The average molecular weight is 263 g/mol. The number of anilines is 1. The standard InChI is InChI=1S/C16H25NO2/c1-3-11-7-9-12(10-8-11)16(18)13-5-4-6-14(19-2)15(13)17/h4-6,11-12,16,18H,3,7-10,17H2,1-2H3. The van der Waals surface area contributed by atoms with E-state index in [1.807, 2.05) is 18.2 Å². The van der Waals surface area contributed by atoms with Crippen LogP contribution in [0.4, 0.5) is 5.69 Å². The van der Waals surface area contributed by atoms with Gasteiger partial charge in [0.1, 0.15) is 5.75 Å². The van der Waals surface area contributed by atoms with Crippen molar-refractivity contribution < 1.29 is 9.84 Å². The molecular weight excluding hydrogens is 238 g/mol. The lowest BCUT2D eigenvalue weighted by molar-refractivity contribution is 0.0734. The van der Waals surface area contributed by atoms with Crippen molar-refractivity contribution in [1.82, 2.24) is 0 Å². The van der Waals surface area contributed by atoms with E-state index >= 15 is 0 Å². The second-order valence-corrected chi connectivity index (χ2v) is 5.60. The molecule has 1 aliphatic carbocycles. The molecule has 106 valence electrons. The Morgan fingerprint density at radius 3 is 2.58 bits per heavy atom. The zero-order valence-corrected chi connectivity index (χ0v) is 11.9. The highest BCUT2D eigenvalue weighted by Gasteiger charge is 2.28. The maximum absolute atomic E-state index is 10.6. The van der Waals surface area contributed by atoms with E-state index in [1.165, 1.54) is 19.3 Å². The second kappa shape index (κ2) is 6.29. The van der Waals surface area contributed by atoms with E-state index in [4.69, 9.17) is 10.5 Å². The first-order chi connectivity index (χ1) is 9.17. The van der Waals surface area contributed by atoms with Crippen LogP contribution >= 0.6 is 0 Å². The molecule has 1 aliphatic rings. The van der Waals surface area contributed by atoms with E-state index in [1.54, 1.807) is 7.11 Å². The molecule has 1 aromatic carbocycles. The molecule has 0 heterocycles. The summed E-state index contributed by atoms with van der Waals surface area (Å²) >= 11 is 0. The SMILES string of the molecule is CCC1CCC(C(O)c2cccc(OC)c2N)CC1. The van der Waals surface area contributed by atoms with Gasteiger partial charge < -0.3 is 15.6 Å². The van der Waals surface area contributed by atoms with Crippen LogP contribution in [0.15, 0.2) is 18.2 Å². The highest BCUT2D eigenvalue weighted by atomic mass is 16.5. The zero-order chi connectivity index (χ0) is 13.8. The average Bonchev–Trinajstić information content (AvgIpc) is 2.47. The molecule has 1 atom stereocenters. The van der Waals surface area contributed by atoms with Crippen LogP contribution in [0.2, 0.25) is 0 Å². The Morgan fingerprint density at radius 1 is 1.32 bits per heavy atom.